The second-order valence-electron chi connectivity index (χ2n) is 13.3. The number of fused-ring (bicyclic) bond motifs is 2. The Kier molecular flexibility index (Phi) is 8.31. The summed E-state index contributed by atoms with van der Waals surface area (Å²) < 4.78 is 14.0. The summed E-state index contributed by atoms with van der Waals surface area (Å²) in [5, 5.41) is 6.32. The molecule has 0 bridgehead atoms. The number of aromatic nitrogens is 3. The van der Waals surface area contributed by atoms with E-state index >= 15 is 0 Å². The molecule has 53 heavy (non-hydrogen) atoms. The summed E-state index contributed by atoms with van der Waals surface area (Å²) >= 11 is 0. The predicted octanol–water partition coefficient (Wildman–Crippen LogP) is 11.5. The first kappa shape index (κ1) is 32.4. The minimum Gasteiger partial charge on any atom is -0.314 e. The van der Waals surface area contributed by atoms with Gasteiger partial charge in [-0.1, -0.05) is 182 Å². The van der Waals surface area contributed by atoms with Crippen LogP contribution in [0.15, 0.2) is 188 Å². The normalized spacial score (nSPS) is 12.5. The summed E-state index contributed by atoms with van der Waals surface area (Å²) in [4.78, 5) is 14.9. The second kappa shape index (κ2) is 13.6. The van der Waals surface area contributed by atoms with Crippen molar-refractivity contribution in [3.63, 3.8) is 0 Å². The van der Waals surface area contributed by atoms with E-state index in [2.05, 4.69) is 84.9 Å². The van der Waals surface area contributed by atoms with Crippen LogP contribution in [0.2, 0.25) is 0 Å². The third-order valence-electron chi connectivity index (χ3n) is 9.94. The molecule has 0 radical (unpaired) electrons. The summed E-state index contributed by atoms with van der Waals surface area (Å²) in [6.07, 6.45) is 0. The van der Waals surface area contributed by atoms with Crippen LogP contribution in [-0.2, 0) is 4.57 Å². The fraction of sp³-hybridized carbons (Fsp3) is 0.0208. The Balaban J connectivity index is 1.20. The first-order valence-corrected chi connectivity index (χ1v) is 19.9. The molecule has 0 N–H and O–H groups in total. The second-order valence-corrected chi connectivity index (χ2v) is 16.1. The maximum absolute atomic E-state index is 14.0. The minimum absolute atomic E-state index is 0.619. The van der Waals surface area contributed by atoms with Crippen molar-refractivity contribution in [1.29, 1.82) is 0 Å². The molecule has 252 valence electrons. The zero-order valence-corrected chi connectivity index (χ0v) is 30.0. The lowest BCUT2D eigenvalue weighted by Crippen LogP contribution is -2.14. The van der Waals surface area contributed by atoms with E-state index in [-0.39, 0.29) is 0 Å². The number of rotatable bonds is 7. The Morgan fingerprint density at radius 1 is 0.340 bits per heavy atom. The van der Waals surface area contributed by atoms with Crippen LogP contribution in [0.25, 0.3) is 78.0 Å². The first-order valence-electron chi connectivity index (χ1n) is 17.7. The smallest absolute Gasteiger partial charge is 0.164 e. The van der Waals surface area contributed by atoms with Crippen molar-refractivity contribution in [1.82, 2.24) is 15.0 Å². The zero-order valence-electron chi connectivity index (χ0n) is 29.1. The van der Waals surface area contributed by atoms with Gasteiger partial charge in [-0.25, -0.2) is 15.0 Å². The fourth-order valence-electron chi connectivity index (χ4n) is 7.28. The third-order valence-corrected chi connectivity index (χ3v) is 12.5. The predicted molar refractivity (Wildman–Crippen MR) is 221 cm³/mol. The molecule has 1 aromatic heterocycles. The van der Waals surface area contributed by atoms with Gasteiger partial charge in [0.1, 0.15) is 7.14 Å². The van der Waals surface area contributed by atoms with Crippen molar-refractivity contribution in [2.24, 2.45) is 0 Å². The van der Waals surface area contributed by atoms with Gasteiger partial charge in [-0.15, -0.1) is 0 Å². The molecule has 0 fully saturated rings. The molecule has 1 unspecified atom stereocenters. The molecule has 1 atom stereocenters. The van der Waals surface area contributed by atoms with E-state index in [0.717, 1.165) is 71.1 Å². The summed E-state index contributed by atoms with van der Waals surface area (Å²) in [6.45, 7) is 1.85. The van der Waals surface area contributed by atoms with Crippen LogP contribution in [0, 0.1) is 0 Å². The maximum Gasteiger partial charge on any atom is 0.164 e. The summed E-state index contributed by atoms with van der Waals surface area (Å²) in [5.41, 5.74) is 7.26. The van der Waals surface area contributed by atoms with Gasteiger partial charge in [0.2, 0.25) is 0 Å². The van der Waals surface area contributed by atoms with Gasteiger partial charge in [0.25, 0.3) is 0 Å². The van der Waals surface area contributed by atoms with E-state index in [4.69, 9.17) is 15.0 Å². The molecule has 0 saturated carbocycles. The Bertz CT molecular complexity index is 2690. The highest BCUT2D eigenvalue weighted by Crippen LogP contribution is 2.45. The molecule has 5 heteroatoms. The van der Waals surface area contributed by atoms with Crippen molar-refractivity contribution in [3.8, 4) is 56.4 Å². The molecule has 4 nitrogen and oxygen atoms in total. The van der Waals surface area contributed by atoms with Gasteiger partial charge >= 0.3 is 0 Å². The maximum atomic E-state index is 14.0. The zero-order chi connectivity index (χ0) is 35.8. The van der Waals surface area contributed by atoms with Crippen molar-refractivity contribution in [2.75, 3.05) is 6.66 Å². The number of hydrogen-bond donors (Lipinski definition) is 0. The molecule has 8 aromatic carbocycles. The van der Waals surface area contributed by atoms with Crippen LogP contribution in [0.4, 0.5) is 0 Å². The SMILES string of the molecule is CP(=O)(c1ccccc1)c1ccc(-c2c3ccccc3c(-c3cccc(-c4nc(-c5ccccc5)nc(-c5ccccc5)n4)c3)c3ccccc23)cc1. The van der Waals surface area contributed by atoms with Crippen molar-refractivity contribution >= 4 is 39.3 Å². The Labute approximate surface area is 308 Å². The van der Waals surface area contributed by atoms with Crippen molar-refractivity contribution in [2.45, 2.75) is 0 Å². The van der Waals surface area contributed by atoms with Gasteiger partial charge in [0, 0.05) is 27.3 Å². The lowest BCUT2D eigenvalue weighted by atomic mass is 9.85. The van der Waals surface area contributed by atoms with E-state index in [9.17, 15) is 4.57 Å². The molecule has 0 amide bonds. The number of nitrogens with zero attached hydrogens (tertiary/aromatic N) is 3. The standard InChI is InChI=1S/C48H34N3OP/c1-53(52,38-22-9-4-10-23-38)39-30-28-33(29-31-39)44-40-24-11-13-26-42(40)45(43-27-14-12-25-41(43)44)36-20-15-21-37(32-36)48-50-46(34-16-5-2-6-17-34)49-47(51-48)35-18-7-3-8-19-35/h2-32H,1H3. The van der Waals surface area contributed by atoms with E-state index in [0.29, 0.717) is 17.5 Å². The molecule has 9 aromatic rings. The Hall–Kier alpha value is -6.48. The van der Waals surface area contributed by atoms with Gasteiger partial charge in [0.05, 0.1) is 0 Å². The van der Waals surface area contributed by atoms with Crippen LogP contribution in [0.3, 0.4) is 0 Å². The Morgan fingerprint density at radius 3 is 1.19 bits per heavy atom. The molecular formula is C48H34N3OP. The van der Waals surface area contributed by atoms with E-state index < -0.39 is 7.14 Å². The molecule has 0 saturated heterocycles. The van der Waals surface area contributed by atoms with Crippen LogP contribution in [0.1, 0.15) is 0 Å². The number of benzene rings is 8. The summed E-state index contributed by atoms with van der Waals surface area (Å²) in [6, 6.07) is 64.0. The van der Waals surface area contributed by atoms with Crippen LogP contribution >= 0.6 is 7.14 Å². The lowest BCUT2D eigenvalue weighted by Gasteiger charge is -2.19. The highest BCUT2D eigenvalue weighted by atomic mass is 31.2. The molecule has 9 rings (SSSR count). The average molecular weight is 700 g/mol. The van der Waals surface area contributed by atoms with Crippen LogP contribution in [-0.4, -0.2) is 21.6 Å². The van der Waals surface area contributed by atoms with Gasteiger partial charge in [-0.2, -0.15) is 0 Å². The molecule has 0 aliphatic rings. The third kappa shape index (κ3) is 6.04. The molecule has 0 aliphatic carbocycles. The average Bonchev–Trinajstić information content (AvgIpc) is 3.23. The van der Waals surface area contributed by atoms with Crippen LogP contribution in [0.5, 0.6) is 0 Å². The fourth-order valence-corrected chi connectivity index (χ4v) is 9.03. The molecular weight excluding hydrogens is 666 g/mol. The van der Waals surface area contributed by atoms with Crippen molar-refractivity contribution < 1.29 is 4.57 Å². The minimum atomic E-state index is -2.74. The van der Waals surface area contributed by atoms with E-state index in [1.807, 2.05) is 110 Å². The monoisotopic (exact) mass is 699 g/mol. The van der Waals surface area contributed by atoms with E-state index in [1.165, 1.54) is 0 Å². The topological polar surface area (TPSA) is 55.7 Å². The van der Waals surface area contributed by atoms with Gasteiger partial charge in [-0.05, 0) is 56.5 Å². The van der Waals surface area contributed by atoms with Crippen molar-refractivity contribution in [3.05, 3.63) is 188 Å². The summed E-state index contributed by atoms with van der Waals surface area (Å²) in [7, 11) is -2.74. The van der Waals surface area contributed by atoms with Gasteiger partial charge < -0.3 is 4.57 Å². The molecule has 0 spiro atoms. The number of hydrogen-bond acceptors (Lipinski definition) is 4. The Morgan fingerprint density at radius 2 is 0.698 bits per heavy atom. The lowest BCUT2D eigenvalue weighted by molar-refractivity contribution is 0.590. The summed E-state index contributed by atoms with van der Waals surface area (Å²) in [5.74, 6) is 1.89. The highest BCUT2D eigenvalue weighted by molar-refractivity contribution is 7.78. The molecule has 1 heterocycles. The largest absolute Gasteiger partial charge is 0.314 e. The van der Waals surface area contributed by atoms with Crippen LogP contribution < -0.4 is 10.6 Å². The highest BCUT2D eigenvalue weighted by Gasteiger charge is 2.22. The first-order chi connectivity index (χ1) is 26.0. The quantitative estimate of drug-likeness (QED) is 0.123. The van der Waals surface area contributed by atoms with Gasteiger partial charge in [-0.3, -0.25) is 0 Å². The van der Waals surface area contributed by atoms with E-state index in [1.54, 1.807) is 0 Å². The molecule has 0 aliphatic heterocycles. The van der Waals surface area contributed by atoms with Gasteiger partial charge in [0.15, 0.2) is 17.5 Å².